The van der Waals surface area contributed by atoms with Crippen molar-refractivity contribution >= 4 is 33.1 Å². The monoisotopic (exact) mass is 270 g/mol. The van der Waals surface area contributed by atoms with Crippen LogP contribution in [0, 0.1) is 11.9 Å². The first-order valence-corrected chi connectivity index (χ1v) is 5.62. The van der Waals surface area contributed by atoms with Crippen molar-refractivity contribution in [3.8, 4) is 0 Å². The van der Waals surface area contributed by atoms with Gasteiger partial charge in [-0.3, -0.25) is 19.9 Å². The quantitative estimate of drug-likeness (QED) is 0.453. The number of hydrogen-bond acceptors (Lipinski definition) is 6. The summed E-state index contributed by atoms with van der Waals surface area (Å²) < 4.78 is 26.7. The van der Waals surface area contributed by atoms with Crippen LogP contribution in [0.4, 0.5) is 8.78 Å². The summed E-state index contributed by atoms with van der Waals surface area (Å²) in [6.45, 7) is 0. The SMILES string of the molecule is Fc1nc2c3nccnc3c3nccnc3c2nc1F. The molecule has 0 unspecified atom stereocenters. The molecule has 0 saturated heterocycles. The van der Waals surface area contributed by atoms with Crippen LogP contribution >= 0.6 is 0 Å². The summed E-state index contributed by atoms with van der Waals surface area (Å²) >= 11 is 0. The molecule has 4 aromatic rings. The van der Waals surface area contributed by atoms with E-state index in [1.54, 1.807) is 0 Å². The highest BCUT2D eigenvalue weighted by atomic mass is 19.2. The van der Waals surface area contributed by atoms with E-state index in [0.29, 0.717) is 22.1 Å². The van der Waals surface area contributed by atoms with Crippen LogP contribution in [0.1, 0.15) is 0 Å². The van der Waals surface area contributed by atoms with Gasteiger partial charge in [0.1, 0.15) is 33.1 Å². The number of aromatic nitrogens is 6. The summed E-state index contributed by atoms with van der Waals surface area (Å²) in [6.07, 6.45) is 5.84. The lowest BCUT2D eigenvalue weighted by molar-refractivity contribution is 0.459. The average Bonchev–Trinajstić information content (AvgIpc) is 2.49. The van der Waals surface area contributed by atoms with E-state index in [4.69, 9.17) is 0 Å². The van der Waals surface area contributed by atoms with E-state index in [9.17, 15) is 8.78 Å². The van der Waals surface area contributed by atoms with Gasteiger partial charge in [-0.15, -0.1) is 0 Å². The van der Waals surface area contributed by atoms with Crippen molar-refractivity contribution in [2.45, 2.75) is 0 Å². The molecule has 6 nitrogen and oxygen atoms in total. The van der Waals surface area contributed by atoms with Gasteiger partial charge in [0, 0.05) is 24.8 Å². The highest BCUT2D eigenvalue weighted by Gasteiger charge is 2.17. The Morgan fingerprint density at radius 3 is 1.15 bits per heavy atom. The molecular formula is C12H4F2N6. The fourth-order valence-electron chi connectivity index (χ4n) is 2.09. The maximum atomic E-state index is 13.3. The molecule has 0 bridgehead atoms. The highest BCUT2D eigenvalue weighted by Crippen LogP contribution is 2.28. The van der Waals surface area contributed by atoms with Gasteiger partial charge in [0.25, 0.3) is 11.9 Å². The number of rotatable bonds is 0. The van der Waals surface area contributed by atoms with Crippen molar-refractivity contribution < 1.29 is 8.78 Å². The smallest absolute Gasteiger partial charge is 0.251 e. The van der Waals surface area contributed by atoms with Crippen molar-refractivity contribution in [1.29, 1.82) is 0 Å². The van der Waals surface area contributed by atoms with Crippen molar-refractivity contribution in [1.82, 2.24) is 29.9 Å². The zero-order chi connectivity index (χ0) is 13.7. The van der Waals surface area contributed by atoms with E-state index in [2.05, 4.69) is 29.9 Å². The molecule has 4 rings (SSSR count). The highest BCUT2D eigenvalue weighted by molar-refractivity contribution is 6.17. The van der Waals surface area contributed by atoms with Crippen molar-refractivity contribution in [3.63, 3.8) is 0 Å². The molecule has 0 spiro atoms. The van der Waals surface area contributed by atoms with Gasteiger partial charge >= 0.3 is 0 Å². The normalized spacial score (nSPS) is 11.5. The number of fused-ring (bicyclic) bond motifs is 6. The van der Waals surface area contributed by atoms with Gasteiger partial charge < -0.3 is 0 Å². The molecule has 0 amide bonds. The first-order chi connectivity index (χ1) is 9.75. The third-order valence-electron chi connectivity index (χ3n) is 2.88. The summed E-state index contributed by atoms with van der Waals surface area (Å²) in [4.78, 5) is 23.7. The van der Waals surface area contributed by atoms with Gasteiger partial charge in [0.05, 0.1) is 0 Å². The van der Waals surface area contributed by atoms with E-state index >= 15 is 0 Å². The second-order valence-corrected chi connectivity index (χ2v) is 4.01. The Morgan fingerprint density at radius 1 is 0.500 bits per heavy atom. The molecule has 3 aromatic heterocycles. The van der Waals surface area contributed by atoms with Crippen LogP contribution in [-0.4, -0.2) is 29.9 Å². The van der Waals surface area contributed by atoms with Crippen LogP contribution in [0.2, 0.25) is 0 Å². The molecule has 0 N–H and O–H groups in total. The molecule has 3 heterocycles. The minimum absolute atomic E-state index is 0.111. The third-order valence-corrected chi connectivity index (χ3v) is 2.88. The van der Waals surface area contributed by atoms with Crippen LogP contribution in [0.25, 0.3) is 33.1 Å². The molecule has 0 atom stereocenters. The molecule has 20 heavy (non-hydrogen) atoms. The van der Waals surface area contributed by atoms with Crippen LogP contribution in [0.15, 0.2) is 24.8 Å². The summed E-state index contributed by atoms with van der Waals surface area (Å²) in [5.74, 6) is -2.57. The van der Waals surface area contributed by atoms with E-state index in [0.717, 1.165) is 0 Å². The summed E-state index contributed by atoms with van der Waals surface area (Å²) in [7, 11) is 0. The molecule has 1 aromatic carbocycles. The number of benzene rings is 1. The number of hydrogen-bond donors (Lipinski definition) is 0. The Bertz CT molecular complexity index is 907. The maximum Gasteiger partial charge on any atom is 0.269 e. The van der Waals surface area contributed by atoms with E-state index in [-0.39, 0.29) is 11.0 Å². The van der Waals surface area contributed by atoms with Gasteiger partial charge in [0.2, 0.25) is 0 Å². The van der Waals surface area contributed by atoms with E-state index < -0.39 is 11.9 Å². The zero-order valence-electron chi connectivity index (χ0n) is 9.75. The summed E-state index contributed by atoms with van der Waals surface area (Å²) in [5, 5.41) is 0. The molecule has 0 saturated carbocycles. The van der Waals surface area contributed by atoms with Crippen LogP contribution in [0.5, 0.6) is 0 Å². The summed E-state index contributed by atoms with van der Waals surface area (Å²) in [6, 6.07) is 0. The predicted octanol–water partition coefficient (Wildman–Crippen LogP) is 1.79. The Morgan fingerprint density at radius 2 is 0.800 bits per heavy atom. The predicted molar refractivity (Wildman–Crippen MR) is 65.6 cm³/mol. The Labute approximate surface area is 109 Å². The second-order valence-electron chi connectivity index (χ2n) is 4.01. The Hall–Kier alpha value is -2.90. The first-order valence-electron chi connectivity index (χ1n) is 5.62. The number of nitrogens with zero attached hydrogens (tertiary/aromatic N) is 6. The van der Waals surface area contributed by atoms with Crippen LogP contribution < -0.4 is 0 Å². The Kier molecular flexibility index (Phi) is 2.08. The van der Waals surface area contributed by atoms with Crippen molar-refractivity contribution in [2.75, 3.05) is 0 Å². The fraction of sp³-hybridized carbons (Fsp3) is 0. The fourth-order valence-corrected chi connectivity index (χ4v) is 2.09. The maximum absolute atomic E-state index is 13.3. The van der Waals surface area contributed by atoms with Crippen molar-refractivity contribution in [2.24, 2.45) is 0 Å². The van der Waals surface area contributed by atoms with Gasteiger partial charge in [-0.25, -0.2) is 9.97 Å². The van der Waals surface area contributed by atoms with E-state index in [1.165, 1.54) is 24.8 Å². The van der Waals surface area contributed by atoms with Crippen LogP contribution in [-0.2, 0) is 0 Å². The standard InChI is InChI=1S/C12H4F2N6/c13-11-12(14)20-10-8-6(16-2-4-18-8)5-7(9(10)19-11)17-3-1-15-5/h1-4H. The van der Waals surface area contributed by atoms with Gasteiger partial charge in [-0.1, -0.05) is 0 Å². The molecule has 0 aliphatic carbocycles. The molecule has 0 aliphatic rings. The lowest BCUT2D eigenvalue weighted by Crippen LogP contribution is -2.00. The number of halogens is 2. The minimum atomic E-state index is -1.28. The van der Waals surface area contributed by atoms with Gasteiger partial charge in [-0.2, -0.15) is 8.78 Å². The van der Waals surface area contributed by atoms with Crippen molar-refractivity contribution in [3.05, 3.63) is 36.7 Å². The molecule has 8 heteroatoms. The molecule has 96 valence electrons. The lowest BCUT2D eigenvalue weighted by Gasteiger charge is -2.05. The molecule has 0 fully saturated rings. The zero-order valence-corrected chi connectivity index (χ0v) is 9.75. The molecule has 0 aliphatic heterocycles. The van der Waals surface area contributed by atoms with Crippen LogP contribution in [0.3, 0.4) is 0 Å². The lowest BCUT2D eigenvalue weighted by atomic mass is 10.2. The largest absolute Gasteiger partial charge is 0.269 e. The first kappa shape index (κ1) is 11.0. The molecule has 0 radical (unpaired) electrons. The third kappa shape index (κ3) is 1.35. The molecular weight excluding hydrogens is 266 g/mol. The summed E-state index contributed by atoms with van der Waals surface area (Å²) in [5.41, 5.74) is 1.68. The topological polar surface area (TPSA) is 77.3 Å². The van der Waals surface area contributed by atoms with Gasteiger partial charge in [0.15, 0.2) is 0 Å². The second kappa shape index (κ2) is 3.80. The van der Waals surface area contributed by atoms with Gasteiger partial charge in [-0.05, 0) is 0 Å². The van der Waals surface area contributed by atoms with E-state index in [1.807, 2.05) is 0 Å². The minimum Gasteiger partial charge on any atom is -0.251 e. The average molecular weight is 270 g/mol. The Balaban J connectivity index is 2.42.